The van der Waals surface area contributed by atoms with Crippen LogP contribution in [0.2, 0.25) is 0 Å². The Morgan fingerprint density at radius 2 is 1.93 bits per heavy atom. The average molecular weight is 209 g/mol. The number of aliphatic carboxylic acids is 1. The normalized spacial score (nSPS) is 14.2. The van der Waals surface area contributed by atoms with E-state index in [4.69, 9.17) is 5.11 Å². The van der Waals surface area contributed by atoms with Gasteiger partial charge in [-0.2, -0.15) is 0 Å². The molecule has 0 spiro atoms. The summed E-state index contributed by atoms with van der Waals surface area (Å²) < 4.78 is 0. The summed E-state index contributed by atoms with van der Waals surface area (Å²) in [6.45, 7) is 1.54. The summed E-state index contributed by atoms with van der Waals surface area (Å²) in [6.07, 6.45) is 0. The molecule has 1 N–H and O–H groups in total. The number of benzene rings is 1. The predicted molar refractivity (Wildman–Crippen MR) is 53.3 cm³/mol. The van der Waals surface area contributed by atoms with Crippen molar-refractivity contribution in [2.45, 2.75) is 18.9 Å². The molecule has 80 valence electrons. The van der Waals surface area contributed by atoms with E-state index in [1.54, 1.807) is 30.3 Å². The van der Waals surface area contributed by atoms with Gasteiger partial charge in [-0.05, 0) is 5.56 Å². The second kappa shape index (κ2) is 4.54. The third-order valence-corrected chi connectivity index (χ3v) is 2.28. The van der Waals surface area contributed by atoms with Crippen molar-refractivity contribution in [1.82, 2.24) is 0 Å². The zero-order valence-electron chi connectivity index (χ0n) is 8.16. The first-order valence-corrected chi connectivity index (χ1v) is 4.45. The van der Waals surface area contributed by atoms with Crippen LogP contribution in [0.15, 0.2) is 30.3 Å². The van der Waals surface area contributed by atoms with Crippen molar-refractivity contribution >= 4 is 5.97 Å². The molecular weight excluding hydrogens is 198 g/mol. The van der Waals surface area contributed by atoms with E-state index in [2.05, 4.69) is 0 Å². The van der Waals surface area contributed by atoms with Gasteiger partial charge >= 0.3 is 12.0 Å². The molecule has 0 bridgehead atoms. The zero-order chi connectivity index (χ0) is 11.4. The lowest BCUT2D eigenvalue weighted by atomic mass is 9.94. The van der Waals surface area contributed by atoms with Gasteiger partial charge in [0.15, 0.2) is 0 Å². The molecule has 1 aromatic carbocycles. The number of nitro groups is 1. The molecule has 0 fully saturated rings. The molecule has 0 radical (unpaired) electrons. The van der Waals surface area contributed by atoms with Crippen molar-refractivity contribution in [3.05, 3.63) is 46.0 Å². The Morgan fingerprint density at radius 1 is 1.40 bits per heavy atom. The highest BCUT2D eigenvalue weighted by Crippen LogP contribution is 2.20. The Kier molecular flexibility index (Phi) is 3.38. The number of carbonyl (C=O) groups is 1. The van der Waals surface area contributed by atoms with E-state index in [9.17, 15) is 14.9 Å². The number of hydrogen-bond donors (Lipinski definition) is 1. The van der Waals surface area contributed by atoms with Gasteiger partial charge in [0.1, 0.15) is 0 Å². The molecule has 5 nitrogen and oxygen atoms in total. The molecule has 2 atom stereocenters. The van der Waals surface area contributed by atoms with Crippen molar-refractivity contribution in [3.63, 3.8) is 0 Å². The maximum atomic E-state index is 10.7. The van der Waals surface area contributed by atoms with Crippen LogP contribution in [-0.4, -0.2) is 22.0 Å². The molecule has 5 heteroatoms. The Balaban J connectivity index is 2.96. The zero-order valence-corrected chi connectivity index (χ0v) is 8.16. The number of carboxylic acid groups (broad SMARTS) is 1. The van der Waals surface area contributed by atoms with Crippen LogP contribution in [0.3, 0.4) is 0 Å². The van der Waals surface area contributed by atoms with Gasteiger partial charge in [-0.1, -0.05) is 37.3 Å². The summed E-state index contributed by atoms with van der Waals surface area (Å²) in [5.74, 6) is -2.05. The lowest BCUT2D eigenvalue weighted by molar-refractivity contribution is -0.513. The molecule has 1 aromatic rings. The molecule has 0 amide bonds. The largest absolute Gasteiger partial charge is 0.476 e. The number of hydrogen-bond acceptors (Lipinski definition) is 3. The van der Waals surface area contributed by atoms with E-state index >= 15 is 0 Å². The molecule has 0 saturated heterocycles. The van der Waals surface area contributed by atoms with Gasteiger partial charge in [0.25, 0.3) is 0 Å². The van der Waals surface area contributed by atoms with Crippen molar-refractivity contribution in [2.24, 2.45) is 0 Å². The maximum Gasteiger partial charge on any atom is 0.379 e. The van der Waals surface area contributed by atoms with Crippen LogP contribution < -0.4 is 0 Å². The van der Waals surface area contributed by atoms with Crippen molar-refractivity contribution in [2.75, 3.05) is 0 Å². The smallest absolute Gasteiger partial charge is 0.379 e. The Bertz CT molecular complexity index is 349. The molecule has 0 saturated carbocycles. The second-order valence-corrected chi connectivity index (χ2v) is 3.27. The SMILES string of the molecule is CC(c1ccccc1)C(C(=O)O)[N+](=O)[O-]. The van der Waals surface area contributed by atoms with Crippen LogP contribution in [0, 0.1) is 10.1 Å². The van der Waals surface area contributed by atoms with Gasteiger partial charge < -0.3 is 5.11 Å². The van der Waals surface area contributed by atoms with E-state index in [1.807, 2.05) is 0 Å². The summed E-state index contributed by atoms with van der Waals surface area (Å²) in [5.41, 5.74) is 0.654. The van der Waals surface area contributed by atoms with Gasteiger partial charge in [-0.15, -0.1) is 0 Å². The van der Waals surface area contributed by atoms with E-state index < -0.39 is 22.9 Å². The topological polar surface area (TPSA) is 80.4 Å². The average Bonchev–Trinajstić information content (AvgIpc) is 2.18. The van der Waals surface area contributed by atoms with Gasteiger partial charge in [0, 0.05) is 4.92 Å². The van der Waals surface area contributed by atoms with Crippen LogP contribution in [0.4, 0.5) is 0 Å². The summed E-state index contributed by atoms with van der Waals surface area (Å²) in [7, 11) is 0. The highest BCUT2D eigenvalue weighted by atomic mass is 16.6. The standard InChI is InChI=1S/C10H11NO4/c1-7(8-5-3-2-4-6-8)9(10(12)13)11(14)15/h2-7,9H,1H3,(H,12,13). The van der Waals surface area contributed by atoms with Gasteiger partial charge in [0.2, 0.25) is 0 Å². The molecule has 2 unspecified atom stereocenters. The number of rotatable bonds is 4. The Hall–Kier alpha value is -1.91. The monoisotopic (exact) mass is 209 g/mol. The van der Waals surface area contributed by atoms with E-state index in [-0.39, 0.29) is 0 Å². The van der Waals surface area contributed by atoms with E-state index in [0.29, 0.717) is 5.56 Å². The summed E-state index contributed by atoms with van der Waals surface area (Å²) in [6, 6.07) is 7.01. The lowest BCUT2D eigenvalue weighted by Crippen LogP contribution is -2.34. The van der Waals surface area contributed by atoms with E-state index in [1.165, 1.54) is 6.92 Å². The molecule has 0 aromatic heterocycles. The van der Waals surface area contributed by atoms with Crippen LogP contribution in [0.1, 0.15) is 18.4 Å². The molecule has 0 aliphatic rings. The molecule has 1 rings (SSSR count). The fourth-order valence-electron chi connectivity index (χ4n) is 1.43. The van der Waals surface area contributed by atoms with Crippen molar-refractivity contribution in [1.29, 1.82) is 0 Å². The minimum atomic E-state index is -1.59. The van der Waals surface area contributed by atoms with Crippen LogP contribution in [0.5, 0.6) is 0 Å². The van der Waals surface area contributed by atoms with Crippen molar-refractivity contribution in [3.8, 4) is 0 Å². The van der Waals surface area contributed by atoms with Crippen LogP contribution in [-0.2, 0) is 4.79 Å². The first-order valence-electron chi connectivity index (χ1n) is 4.45. The maximum absolute atomic E-state index is 10.7. The summed E-state index contributed by atoms with van der Waals surface area (Å²) >= 11 is 0. The van der Waals surface area contributed by atoms with Gasteiger partial charge in [-0.3, -0.25) is 10.1 Å². The molecule has 0 aliphatic heterocycles. The first-order chi connectivity index (χ1) is 7.04. The molecule has 15 heavy (non-hydrogen) atoms. The van der Waals surface area contributed by atoms with Crippen LogP contribution >= 0.6 is 0 Å². The third-order valence-electron chi connectivity index (χ3n) is 2.28. The molecular formula is C10H11NO4. The first kappa shape index (κ1) is 11.2. The van der Waals surface area contributed by atoms with E-state index in [0.717, 1.165) is 0 Å². The van der Waals surface area contributed by atoms with Gasteiger partial charge in [-0.25, -0.2) is 4.79 Å². The minimum Gasteiger partial charge on any atom is -0.476 e. The van der Waals surface area contributed by atoms with Crippen molar-refractivity contribution < 1.29 is 14.8 Å². The number of nitrogens with zero attached hydrogens (tertiary/aromatic N) is 1. The summed E-state index contributed by atoms with van der Waals surface area (Å²) in [4.78, 5) is 20.5. The highest BCUT2D eigenvalue weighted by Gasteiger charge is 2.36. The summed E-state index contributed by atoms with van der Waals surface area (Å²) in [5, 5.41) is 19.3. The quantitative estimate of drug-likeness (QED) is 0.602. The number of carboxylic acids is 1. The van der Waals surface area contributed by atoms with Gasteiger partial charge in [0.05, 0.1) is 5.92 Å². The Labute approximate surface area is 86.5 Å². The Morgan fingerprint density at radius 3 is 2.33 bits per heavy atom. The lowest BCUT2D eigenvalue weighted by Gasteiger charge is -2.13. The fourth-order valence-corrected chi connectivity index (χ4v) is 1.43. The second-order valence-electron chi connectivity index (χ2n) is 3.27. The van der Waals surface area contributed by atoms with Crippen LogP contribution in [0.25, 0.3) is 0 Å². The fraction of sp³-hybridized carbons (Fsp3) is 0.300. The molecule has 0 aliphatic carbocycles. The minimum absolute atomic E-state index is 0.640. The predicted octanol–water partition coefficient (Wildman–Crippen LogP) is 1.52. The highest BCUT2D eigenvalue weighted by molar-refractivity contribution is 5.73. The third kappa shape index (κ3) is 2.52. The molecule has 0 heterocycles.